The highest BCUT2D eigenvalue weighted by molar-refractivity contribution is 14.1. The molecule has 7 heteroatoms. The van der Waals surface area contributed by atoms with Crippen molar-refractivity contribution in [1.82, 2.24) is 16.0 Å². The lowest BCUT2D eigenvalue weighted by Gasteiger charge is -2.19. The van der Waals surface area contributed by atoms with Crippen molar-refractivity contribution in [2.75, 3.05) is 0 Å². The highest BCUT2D eigenvalue weighted by atomic mass is 127. The molecule has 1 unspecified atom stereocenters. The third-order valence-electron chi connectivity index (χ3n) is 3.41. The van der Waals surface area contributed by atoms with Gasteiger partial charge in [-0.2, -0.15) is 0 Å². The summed E-state index contributed by atoms with van der Waals surface area (Å²) in [5.74, 6) is -0.840. The highest BCUT2D eigenvalue weighted by Crippen LogP contribution is 2.25. The second kappa shape index (κ2) is 5.47. The van der Waals surface area contributed by atoms with E-state index in [1.54, 1.807) is 18.3 Å². The molecular formula is C14H12IN3O3. The first-order valence-electron chi connectivity index (χ1n) is 6.46. The van der Waals surface area contributed by atoms with Gasteiger partial charge in [0.25, 0.3) is 11.8 Å². The average Bonchev–Trinajstić information content (AvgIpc) is 2.84. The molecule has 1 fully saturated rings. The number of hydrogen-bond donors (Lipinski definition) is 3. The van der Waals surface area contributed by atoms with Crippen LogP contribution in [0, 0.1) is 3.57 Å². The summed E-state index contributed by atoms with van der Waals surface area (Å²) in [6, 6.07) is 5.31. The van der Waals surface area contributed by atoms with Crippen molar-refractivity contribution in [3.05, 3.63) is 39.1 Å². The van der Waals surface area contributed by atoms with Crippen LogP contribution in [0.3, 0.4) is 0 Å². The smallest absolute Gasteiger partial charge is 0.260 e. The Hall–Kier alpha value is -1.90. The van der Waals surface area contributed by atoms with Gasteiger partial charge in [-0.15, -0.1) is 0 Å². The van der Waals surface area contributed by atoms with Crippen LogP contribution in [0.5, 0.6) is 0 Å². The number of hydrogen-bond acceptors (Lipinski definition) is 4. The van der Waals surface area contributed by atoms with Gasteiger partial charge in [-0.1, -0.05) is 0 Å². The molecule has 1 aromatic carbocycles. The molecule has 3 rings (SSSR count). The summed E-state index contributed by atoms with van der Waals surface area (Å²) in [6.45, 7) is 0. The van der Waals surface area contributed by atoms with Crippen molar-refractivity contribution in [2.45, 2.75) is 19.0 Å². The van der Waals surface area contributed by atoms with E-state index in [2.05, 4.69) is 38.5 Å². The van der Waals surface area contributed by atoms with E-state index in [0.29, 0.717) is 29.5 Å². The molecule has 0 radical (unpaired) electrons. The van der Waals surface area contributed by atoms with E-state index < -0.39 is 11.8 Å². The summed E-state index contributed by atoms with van der Waals surface area (Å²) in [5, 5.41) is 8.09. The maximum Gasteiger partial charge on any atom is 0.260 e. The molecule has 2 aliphatic heterocycles. The first-order valence-corrected chi connectivity index (χ1v) is 7.53. The van der Waals surface area contributed by atoms with E-state index in [4.69, 9.17) is 0 Å². The van der Waals surface area contributed by atoms with Crippen LogP contribution < -0.4 is 16.0 Å². The lowest BCUT2D eigenvalue weighted by Crippen LogP contribution is -2.39. The van der Waals surface area contributed by atoms with Crippen LogP contribution in [0.4, 0.5) is 0 Å². The molecule has 108 valence electrons. The van der Waals surface area contributed by atoms with Crippen LogP contribution in [-0.2, 0) is 9.59 Å². The quantitative estimate of drug-likeness (QED) is 0.390. The Labute approximate surface area is 134 Å². The van der Waals surface area contributed by atoms with Crippen molar-refractivity contribution >= 4 is 45.9 Å². The highest BCUT2D eigenvalue weighted by Gasteiger charge is 2.28. The number of fused-ring (bicyclic) bond motifs is 1. The minimum atomic E-state index is -0.439. The second-order valence-corrected chi connectivity index (χ2v) is 6.10. The van der Waals surface area contributed by atoms with Crippen LogP contribution in [0.1, 0.15) is 28.8 Å². The molecule has 0 spiro atoms. The zero-order valence-electron chi connectivity index (χ0n) is 10.9. The Morgan fingerprint density at radius 1 is 1.19 bits per heavy atom. The average molecular weight is 397 g/mol. The summed E-state index contributed by atoms with van der Waals surface area (Å²) in [4.78, 5) is 35.0. The number of carbonyl (C=O) groups excluding carboxylic acids is 3. The predicted octanol–water partition coefficient (Wildman–Crippen LogP) is 0.728. The van der Waals surface area contributed by atoms with Crippen LogP contribution in [0.2, 0.25) is 0 Å². The number of rotatable bonds is 2. The van der Waals surface area contributed by atoms with Crippen LogP contribution >= 0.6 is 22.6 Å². The lowest BCUT2D eigenvalue weighted by molar-refractivity contribution is -0.119. The molecular weight excluding hydrogens is 385 g/mol. The fraction of sp³-hybridized carbons (Fsp3) is 0.214. The Morgan fingerprint density at radius 2 is 2.00 bits per heavy atom. The largest absolute Gasteiger partial charge is 0.371 e. The second-order valence-electron chi connectivity index (χ2n) is 4.86. The van der Waals surface area contributed by atoms with Gasteiger partial charge in [0.2, 0.25) is 5.91 Å². The lowest BCUT2D eigenvalue weighted by atomic mass is 9.95. The minimum absolute atomic E-state index is 0.0101. The summed E-state index contributed by atoms with van der Waals surface area (Å²) in [7, 11) is 0. The molecule has 6 nitrogen and oxygen atoms in total. The van der Waals surface area contributed by atoms with Crippen molar-refractivity contribution in [3.63, 3.8) is 0 Å². The minimum Gasteiger partial charge on any atom is -0.371 e. The van der Waals surface area contributed by atoms with Gasteiger partial charge in [0.05, 0.1) is 11.7 Å². The van der Waals surface area contributed by atoms with Crippen molar-refractivity contribution in [2.24, 2.45) is 0 Å². The number of imide groups is 1. The van der Waals surface area contributed by atoms with Crippen molar-refractivity contribution < 1.29 is 14.4 Å². The molecule has 1 saturated heterocycles. The molecule has 1 aromatic rings. The summed E-state index contributed by atoms with van der Waals surface area (Å²) in [6.07, 6.45) is 2.52. The van der Waals surface area contributed by atoms with Crippen LogP contribution in [0.15, 0.2) is 24.4 Å². The van der Waals surface area contributed by atoms with E-state index in [-0.39, 0.29) is 12.1 Å². The molecule has 0 aliphatic carbocycles. The van der Waals surface area contributed by atoms with Gasteiger partial charge in [0.15, 0.2) is 0 Å². The standard InChI is InChI=1S/C14H12IN3O3/c15-7-1-2-8-9(5-7)10(14(21)18-13(8)20)6-16-11-3-4-12(19)17-11/h1-2,5-6,11,16H,3-4H2,(H,17,19)(H,18,20,21)/b10-6-. The molecule has 3 N–H and O–H groups in total. The molecule has 2 aliphatic rings. The predicted molar refractivity (Wildman–Crippen MR) is 83.9 cm³/mol. The third kappa shape index (κ3) is 2.78. The third-order valence-corrected chi connectivity index (χ3v) is 4.08. The molecule has 1 atom stereocenters. The summed E-state index contributed by atoms with van der Waals surface area (Å²) < 4.78 is 0.939. The van der Waals surface area contributed by atoms with Crippen molar-refractivity contribution in [1.29, 1.82) is 0 Å². The Balaban J connectivity index is 1.92. The van der Waals surface area contributed by atoms with Gasteiger partial charge >= 0.3 is 0 Å². The van der Waals surface area contributed by atoms with Gasteiger partial charge in [-0.25, -0.2) is 0 Å². The van der Waals surface area contributed by atoms with E-state index >= 15 is 0 Å². The number of amides is 3. The number of nitrogens with one attached hydrogen (secondary N) is 3. The van der Waals surface area contributed by atoms with E-state index in [1.807, 2.05) is 6.07 Å². The molecule has 0 saturated carbocycles. The Morgan fingerprint density at radius 3 is 2.71 bits per heavy atom. The SMILES string of the molecule is O=C1CCC(N/C=C2\C(=O)NC(=O)c3ccc(I)cc32)N1. The Kier molecular flexibility index (Phi) is 3.66. The normalized spacial score (nSPS) is 22.8. The fourth-order valence-electron chi connectivity index (χ4n) is 2.36. The van der Waals surface area contributed by atoms with E-state index in [0.717, 1.165) is 3.57 Å². The molecule has 0 bridgehead atoms. The van der Waals surface area contributed by atoms with Gasteiger partial charge in [-0.3, -0.25) is 19.7 Å². The first-order chi connectivity index (χ1) is 10.0. The van der Waals surface area contributed by atoms with Gasteiger partial charge in [-0.05, 0) is 47.2 Å². The Bertz CT molecular complexity index is 684. The monoisotopic (exact) mass is 397 g/mol. The number of carbonyl (C=O) groups is 3. The van der Waals surface area contributed by atoms with Gasteiger partial charge < -0.3 is 10.6 Å². The topological polar surface area (TPSA) is 87.3 Å². The number of benzene rings is 1. The van der Waals surface area contributed by atoms with E-state index in [9.17, 15) is 14.4 Å². The molecule has 0 aromatic heterocycles. The summed E-state index contributed by atoms with van der Waals surface area (Å²) >= 11 is 2.13. The maximum atomic E-state index is 12.0. The molecule has 3 amide bonds. The fourth-order valence-corrected chi connectivity index (χ4v) is 2.85. The summed E-state index contributed by atoms with van der Waals surface area (Å²) in [5.41, 5.74) is 1.47. The molecule has 2 heterocycles. The van der Waals surface area contributed by atoms with Crippen molar-refractivity contribution in [3.8, 4) is 0 Å². The van der Waals surface area contributed by atoms with E-state index in [1.165, 1.54) is 0 Å². The van der Waals surface area contributed by atoms with Crippen LogP contribution in [0.25, 0.3) is 5.57 Å². The molecule has 21 heavy (non-hydrogen) atoms. The first kappa shape index (κ1) is 14.1. The van der Waals surface area contributed by atoms with Crippen LogP contribution in [-0.4, -0.2) is 23.9 Å². The zero-order valence-corrected chi connectivity index (χ0v) is 13.1. The van der Waals surface area contributed by atoms with Gasteiger partial charge in [0, 0.05) is 27.3 Å². The maximum absolute atomic E-state index is 12.0. The van der Waals surface area contributed by atoms with Gasteiger partial charge in [0.1, 0.15) is 0 Å². The number of halogens is 1. The zero-order chi connectivity index (χ0) is 15.0.